The summed E-state index contributed by atoms with van der Waals surface area (Å²) in [6.45, 7) is 0. The van der Waals surface area contributed by atoms with Crippen molar-refractivity contribution >= 4 is 50.1 Å². The van der Waals surface area contributed by atoms with Gasteiger partial charge in [0.15, 0.2) is 5.58 Å². The van der Waals surface area contributed by atoms with E-state index in [1.807, 2.05) is 48.5 Å². The van der Waals surface area contributed by atoms with Gasteiger partial charge in [-0.25, -0.2) is 4.98 Å². The molecule has 9 rings (SSSR count). The second kappa shape index (κ2) is 11.2. The van der Waals surface area contributed by atoms with Crippen LogP contribution in [0.2, 0.25) is 0 Å². The molecular weight excluding hydrogens is 576 g/mol. The number of nitrogens with zero attached hydrogens (tertiary/aromatic N) is 2. The first kappa shape index (κ1) is 27.0. The molecule has 0 fully saturated rings. The van der Waals surface area contributed by atoms with Crippen molar-refractivity contribution in [2.75, 3.05) is 4.90 Å². The standard InChI is InChI=1S/C43H28N2O2/c1-3-12-29(13-4-1)31-16-9-18-33(26-31)45(34-19-10-17-32(27-34)30-14-5-2-6-15-30)35-24-25-39-37(28-35)42-36(20-11-23-41(42)46-39)43-44-38-21-7-8-22-40(38)47-43/h1-28H. The van der Waals surface area contributed by atoms with E-state index < -0.39 is 0 Å². The summed E-state index contributed by atoms with van der Waals surface area (Å²) in [6, 6.07) is 58.8. The smallest absolute Gasteiger partial charge is 0.228 e. The van der Waals surface area contributed by atoms with Gasteiger partial charge in [-0.05, 0) is 89.0 Å². The van der Waals surface area contributed by atoms with Crippen molar-refractivity contribution in [3.63, 3.8) is 0 Å². The molecule has 0 atom stereocenters. The van der Waals surface area contributed by atoms with Crippen molar-refractivity contribution in [2.45, 2.75) is 0 Å². The summed E-state index contributed by atoms with van der Waals surface area (Å²) in [5.41, 5.74) is 11.9. The van der Waals surface area contributed by atoms with E-state index in [-0.39, 0.29) is 0 Å². The van der Waals surface area contributed by atoms with Gasteiger partial charge in [0.05, 0.1) is 0 Å². The zero-order valence-electron chi connectivity index (χ0n) is 25.4. The molecule has 0 unspecified atom stereocenters. The number of hydrogen-bond acceptors (Lipinski definition) is 4. The highest BCUT2D eigenvalue weighted by Crippen LogP contribution is 2.43. The first-order valence-corrected chi connectivity index (χ1v) is 15.7. The molecule has 2 aromatic heterocycles. The molecule has 0 N–H and O–H groups in total. The van der Waals surface area contributed by atoms with Crippen LogP contribution in [0.15, 0.2) is 179 Å². The molecule has 7 aromatic carbocycles. The predicted molar refractivity (Wildman–Crippen MR) is 192 cm³/mol. The Labute approximate surface area is 271 Å². The van der Waals surface area contributed by atoms with Crippen LogP contribution in [0, 0.1) is 0 Å². The van der Waals surface area contributed by atoms with Crippen LogP contribution < -0.4 is 4.90 Å². The maximum Gasteiger partial charge on any atom is 0.228 e. The summed E-state index contributed by atoms with van der Waals surface area (Å²) in [4.78, 5) is 7.15. The third-order valence-corrected chi connectivity index (χ3v) is 8.68. The number of benzene rings is 7. The van der Waals surface area contributed by atoms with Crippen LogP contribution in [0.4, 0.5) is 17.1 Å². The molecule has 4 heteroatoms. The lowest BCUT2D eigenvalue weighted by Gasteiger charge is -2.26. The Morgan fingerprint density at radius 1 is 0.404 bits per heavy atom. The maximum absolute atomic E-state index is 6.40. The molecule has 0 aliphatic rings. The Hall–Kier alpha value is -6.39. The Balaban J connectivity index is 1.25. The molecule has 0 saturated heterocycles. The lowest BCUT2D eigenvalue weighted by Crippen LogP contribution is -2.10. The van der Waals surface area contributed by atoms with Gasteiger partial charge in [0.2, 0.25) is 5.89 Å². The monoisotopic (exact) mass is 604 g/mol. The minimum Gasteiger partial charge on any atom is -0.456 e. The van der Waals surface area contributed by atoms with Crippen LogP contribution in [-0.2, 0) is 0 Å². The SMILES string of the molecule is c1ccc(-c2cccc(N(c3cccc(-c4ccccc4)c3)c3ccc4oc5cccc(-c6nc7ccccc7o6)c5c4c3)c2)cc1. The molecule has 0 aliphatic carbocycles. The van der Waals surface area contributed by atoms with Crippen LogP contribution in [-0.4, -0.2) is 4.98 Å². The Kier molecular flexibility index (Phi) is 6.43. The lowest BCUT2D eigenvalue weighted by atomic mass is 10.0. The second-order valence-corrected chi connectivity index (χ2v) is 11.6. The summed E-state index contributed by atoms with van der Waals surface area (Å²) in [5.74, 6) is 0.577. The van der Waals surface area contributed by atoms with Gasteiger partial charge in [0.25, 0.3) is 0 Å². The van der Waals surface area contributed by atoms with E-state index in [1.165, 1.54) is 11.1 Å². The number of anilines is 3. The van der Waals surface area contributed by atoms with Gasteiger partial charge in [-0.3, -0.25) is 0 Å². The molecule has 0 saturated carbocycles. The third kappa shape index (κ3) is 4.84. The molecule has 0 radical (unpaired) electrons. The van der Waals surface area contributed by atoms with Crippen LogP contribution in [0.25, 0.3) is 66.7 Å². The predicted octanol–water partition coefficient (Wildman–Crippen LogP) is 12.2. The highest BCUT2D eigenvalue weighted by Gasteiger charge is 2.20. The van der Waals surface area contributed by atoms with Crippen LogP contribution in [0.5, 0.6) is 0 Å². The number of aromatic nitrogens is 1. The van der Waals surface area contributed by atoms with E-state index in [2.05, 4.69) is 126 Å². The van der Waals surface area contributed by atoms with E-state index >= 15 is 0 Å². The Bertz CT molecular complexity index is 2410. The normalized spacial score (nSPS) is 11.4. The van der Waals surface area contributed by atoms with Gasteiger partial charge in [-0.15, -0.1) is 0 Å². The lowest BCUT2D eigenvalue weighted by molar-refractivity contribution is 0.620. The molecule has 2 heterocycles. The molecule has 47 heavy (non-hydrogen) atoms. The number of para-hydroxylation sites is 2. The Morgan fingerprint density at radius 2 is 0.979 bits per heavy atom. The van der Waals surface area contributed by atoms with Crippen molar-refractivity contribution in [3.05, 3.63) is 170 Å². The molecule has 0 aliphatic heterocycles. The van der Waals surface area contributed by atoms with Gasteiger partial charge in [-0.1, -0.05) is 103 Å². The van der Waals surface area contributed by atoms with Crippen molar-refractivity contribution in [2.24, 2.45) is 0 Å². The topological polar surface area (TPSA) is 42.4 Å². The number of oxazole rings is 1. The van der Waals surface area contributed by atoms with Gasteiger partial charge in [0, 0.05) is 33.4 Å². The molecular formula is C43H28N2O2. The van der Waals surface area contributed by atoms with Crippen LogP contribution in [0.1, 0.15) is 0 Å². The third-order valence-electron chi connectivity index (χ3n) is 8.68. The highest BCUT2D eigenvalue weighted by atomic mass is 16.3. The van der Waals surface area contributed by atoms with Gasteiger partial charge in [0.1, 0.15) is 16.7 Å². The molecule has 9 aromatic rings. The van der Waals surface area contributed by atoms with Crippen molar-refractivity contribution in [3.8, 4) is 33.7 Å². The average Bonchev–Trinajstić information content (AvgIpc) is 3.75. The van der Waals surface area contributed by atoms with E-state index in [0.29, 0.717) is 5.89 Å². The molecule has 4 nitrogen and oxygen atoms in total. The average molecular weight is 605 g/mol. The number of hydrogen-bond donors (Lipinski definition) is 0. The molecule has 0 amide bonds. The number of fused-ring (bicyclic) bond motifs is 4. The van der Waals surface area contributed by atoms with Crippen molar-refractivity contribution < 1.29 is 8.83 Å². The van der Waals surface area contributed by atoms with E-state index in [0.717, 1.165) is 66.8 Å². The minimum absolute atomic E-state index is 0.577. The second-order valence-electron chi connectivity index (χ2n) is 11.6. The highest BCUT2D eigenvalue weighted by molar-refractivity contribution is 6.13. The van der Waals surface area contributed by atoms with E-state index in [4.69, 9.17) is 13.8 Å². The van der Waals surface area contributed by atoms with Crippen LogP contribution >= 0.6 is 0 Å². The quantitative estimate of drug-likeness (QED) is 0.189. The fourth-order valence-electron chi connectivity index (χ4n) is 6.48. The first-order valence-electron chi connectivity index (χ1n) is 15.7. The minimum atomic E-state index is 0.577. The molecule has 0 spiro atoms. The summed E-state index contributed by atoms with van der Waals surface area (Å²) in [7, 11) is 0. The van der Waals surface area contributed by atoms with Crippen molar-refractivity contribution in [1.29, 1.82) is 0 Å². The number of furan rings is 1. The summed E-state index contributed by atoms with van der Waals surface area (Å²) < 4.78 is 12.6. The summed E-state index contributed by atoms with van der Waals surface area (Å²) >= 11 is 0. The zero-order valence-corrected chi connectivity index (χ0v) is 25.4. The van der Waals surface area contributed by atoms with E-state index in [1.54, 1.807) is 0 Å². The molecule has 222 valence electrons. The van der Waals surface area contributed by atoms with Gasteiger partial charge < -0.3 is 13.7 Å². The Morgan fingerprint density at radius 3 is 1.66 bits per heavy atom. The van der Waals surface area contributed by atoms with Gasteiger partial charge in [-0.2, -0.15) is 0 Å². The summed E-state index contributed by atoms with van der Waals surface area (Å²) in [5, 5.41) is 1.98. The van der Waals surface area contributed by atoms with E-state index in [9.17, 15) is 0 Å². The first-order chi connectivity index (χ1) is 23.3. The maximum atomic E-state index is 6.40. The van der Waals surface area contributed by atoms with Crippen molar-refractivity contribution in [1.82, 2.24) is 4.98 Å². The zero-order chi connectivity index (χ0) is 31.2. The molecule has 0 bridgehead atoms. The number of rotatable bonds is 6. The fraction of sp³-hybridized carbons (Fsp3) is 0. The summed E-state index contributed by atoms with van der Waals surface area (Å²) in [6.07, 6.45) is 0. The van der Waals surface area contributed by atoms with Gasteiger partial charge >= 0.3 is 0 Å². The largest absolute Gasteiger partial charge is 0.456 e. The van der Waals surface area contributed by atoms with Crippen LogP contribution in [0.3, 0.4) is 0 Å². The fourth-order valence-corrected chi connectivity index (χ4v) is 6.48.